The molecule has 0 saturated heterocycles. The fourth-order valence-corrected chi connectivity index (χ4v) is 1.43. The number of halogens is 3. The van der Waals surface area contributed by atoms with Gasteiger partial charge in [0.25, 0.3) is 0 Å². The number of alkyl halides is 3. The number of hydrogen-bond acceptors (Lipinski definition) is 3. The van der Waals surface area contributed by atoms with Gasteiger partial charge < -0.3 is 15.2 Å². The van der Waals surface area contributed by atoms with Crippen molar-refractivity contribution in [2.45, 2.75) is 12.8 Å². The molecule has 0 heterocycles. The summed E-state index contributed by atoms with van der Waals surface area (Å²) in [6, 6.07) is 6.53. The van der Waals surface area contributed by atoms with E-state index in [1.54, 1.807) is 18.2 Å². The van der Waals surface area contributed by atoms with Crippen molar-refractivity contribution in [1.82, 2.24) is 0 Å². The van der Waals surface area contributed by atoms with Gasteiger partial charge in [-0.2, -0.15) is 13.2 Å². The molecule has 0 amide bonds. The van der Waals surface area contributed by atoms with Crippen molar-refractivity contribution in [3.05, 3.63) is 29.8 Å². The molecule has 3 N–H and O–H groups in total. The van der Waals surface area contributed by atoms with E-state index in [-0.39, 0.29) is 5.75 Å². The van der Waals surface area contributed by atoms with E-state index in [2.05, 4.69) is 0 Å². The summed E-state index contributed by atoms with van der Waals surface area (Å²) in [5.41, 5.74) is 5.71. The average Bonchev–Trinajstić information content (AvgIpc) is 2.27. The summed E-state index contributed by atoms with van der Waals surface area (Å²) < 4.78 is 47.6. The van der Waals surface area contributed by atoms with E-state index >= 15 is 0 Å². The molecule has 1 atom stereocenters. The SMILES string of the molecule is COCc1cccc(OCC(C(=N)N)C(F)(F)F)c1. The van der Waals surface area contributed by atoms with Crippen LogP contribution in [0.3, 0.4) is 0 Å². The van der Waals surface area contributed by atoms with Crippen LogP contribution in [0.5, 0.6) is 5.75 Å². The van der Waals surface area contributed by atoms with Gasteiger partial charge in [0.1, 0.15) is 24.1 Å². The number of ether oxygens (including phenoxy) is 2. The monoisotopic (exact) mass is 276 g/mol. The lowest BCUT2D eigenvalue weighted by Crippen LogP contribution is -2.39. The zero-order valence-electron chi connectivity index (χ0n) is 10.3. The zero-order chi connectivity index (χ0) is 14.5. The summed E-state index contributed by atoms with van der Waals surface area (Å²) in [5.74, 6) is -2.77. The molecule has 106 valence electrons. The van der Waals surface area contributed by atoms with E-state index in [4.69, 9.17) is 20.6 Å². The molecule has 0 spiro atoms. The minimum atomic E-state index is -4.59. The lowest BCUT2D eigenvalue weighted by molar-refractivity contribution is -0.162. The summed E-state index contributed by atoms with van der Waals surface area (Å²) in [6.45, 7) is -0.373. The molecule has 0 aliphatic rings. The van der Waals surface area contributed by atoms with Gasteiger partial charge in [-0.3, -0.25) is 5.41 Å². The first-order chi connectivity index (χ1) is 8.84. The Morgan fingerprint density at radius 3 is 2.63 bits per heavy atom. The molecule has 0 fully saturated rings. The quantitative estimate of drug-likeness (QED) is 0.619. The summed E-state index contributed by atoms with van der Waals surface area (Å²) in [6.07, 6.45) is -4.59. The average molecular weight is 276 g/mol. The molecule has 7 heteroatoms. The smallest absolute Gasteiger partial charge is 0.401 e. The maximum absolute atomic E-state index is 12.6. The number of benzene rings is 1. The molecular formula is C12H15F3N2O2. The highest BCUT2D eigenvalue weighted by Gasteiger charge is 2.42. The Kier molecular flexibility index (Phi) is 5.17. The van der Waals surface area contributed by atoms with Crippen molar-refractivity contribution in [1.29, 1.82) is 5.41 Å². The van der Waals surface area contributed by atoms with Crippen molar-refractivity contribution in [2.24, 2.45) is 11.7 Å². The lowest BCUT2D eigenvalue weighted by Gasteiger charge is -2.19. The van der Waals surface area contributed by atoms with Gasteiger partial charge in [-0.1, -0.05) is 12.1 Å². The number of nitrogens with two attached hydrogens (primary N) is 1. The molecule has 0 aliphatic carbocycles. The van der Waals surface area contributed by atoms with Crippen LogP contribution in [0.25, 0.3) is 0 Å². The van der Waals surface area contributed by atoms with Gasteiger partial charge in [0, 0.05) is 7.11 Å². The minimum Gasteiger partial charge on any atom is -0.492 e. The highest BCUT2D eigenvalue weighted by Crippen LogP contribution is 2.27. The number of rotatable bonds is 6. The topological polar surface area (TPSA) is 68.3 Å². The van der Waals surface area contributed by atoms with E-state index in [1.165, 1.54) is 13.2 Å². The predicted octanol–water partition coefficient (Wildman–Crippen LogP) is 2.33. The van der Waals surface area contributed by atoms with Crippen LogP contribution < -0.4 is 10.5 Å². The molecule has 0 radical (unpaired) electrons. The van der Waals surface area contributed by atoms with Crippen molar-refractivity contribution in [3.63, 3.8) is 0 Å². The molecule has 1 rings (SSSR count). The largest absolute Gasteiger partial charge is 0.492 e. The summed E-state index contributed by atoms with van der Waals surface area (Å²) in [4.78, 5) is 0. The molecule has 0 bridgehead atoms. The Bertz CT molecular complexity index is 435. The summed E-state index contributed by atoms with van der Waals surface area (Å²) >= 11 is 0. The van der Waals surface area contributed by atoms with Gasteiger partial charge in [-0.15, -0.1) is 0 Å². The third-order valence-corrected chi connectivity index (χ3v) is 2.40. The van der Waals surface area contributed by atoms with Crippen LogP contribution in [0, 0.1) is 11.3 Å². The second-order valence-electron chi connectivity index (χ2n) is 3.94. The van der Waals surface area contributed by atoms with Crippen molar-refractivity contribution in [3.8, 4) is 5.75 Å². The van der Waals surface area contributed by atoms with Crippen LogP contribution in [0.2, 0.25) is 0 Å². The fraction of sp³-hybridized carbons (Fsp3) is 0.417. The highest BCUT2D eigenvalue weighted by molar-refractivity contribution is 5.80. The van der Waals surface area contributed by atoms with Gasteiger partial charge in [-0.05, 0) is 17.7 Å². The lowest BCUT2D eigenvalue weighted by atomic mass is 10.1. The van der Waals surface area contributed by atoms with E-state index < -0.39 is 24.5 Å². The molecule has 1 unspecified atom stereocenters. The molecular weight excluding hydrogens is 261 g/mol. The number of nitrogens with one attached hydrogen (secondary N) is 1. The van der Waals surface area contributed by atoms with Crippen LogP contribution in [0.4, 0.5) is 13.2 Å². The second-order valence-corrected chi connectivity index (χ2v) is 3.94. The summed E-state index contributed by atoms with van der Waals surface area (Å²) in [5, 5.41) is 6.94. The van der Waals surface area contributed by atoms with E-state index in [0.717, 1.165) is 5.56 Å². The molecule has 0 aliphatic heterocycles. The maximum Gasteiger partial charge on any atom is 0.401 e. The van der Waals surface area contributed by atoms with Gasteiger partial charge >= 0.3 is 6.18 Å². The Morgan fingerprint density at radius 1 is 1.42 bits per heavy atom. The van der Waals surface area contributed by atoms with Crippen LogP contribution >= 0.6 is 0 Å². The molecule has 1 aromatic rings. The first kappa shape index (κ1) is 15.3. The van der Waals surface area contributed by atoms with Gasteiger partial charge in [0.2, 0.25) is 0 Å². The van der Waals surface area contributed by atoms with Crippen molar-refractivity contribution < 1.29 is 22.6 Å². The van der Waals surface area contributed by atoms with E-state index in [9.17, 15) is 13.2 Å². The Balaban J connectivity index is 2.69. The Labute approximate surface area is 108 Å². The Hall–Kier alpha value is -1.76. The van der Waals surface area contributed by atoms with Crippen LogP contribution in [-0.2, 0) is 11.3 Å². The number of methoxy groups -OCH3 is 1. The predicted molar refractivity (Wildman–Crippen MR) is 64.1 cm³/mol. The minimum absolute atomic E-state index is 0.282. The molecule has 0 aromatic heterocycles. The molecule has 19 heavy (non-hydrogen) atoms. The van der Waals surface area contributed by atoms with Crippen molar-refractivity contribution >= 4 is 5.84 Å². The highest BCUT2D eigenvalue weighted by atomic mass is 19.4. The van der Waals surface area contributed by atoms with Gasteiger partial charge in [-0.25, -0.2) is 0 Å². The Morgan fingerprint density at radius 2 is 2.11 bits per heavy atom. The fourth-order valence-electron chi connectivity index (χ4n) is 1.43. The maximum atomic E-state index is 12.6. The second kappa shape index (κ2) is 6.42. The van der Waals surface area contributed by atoms with Crippen LogP contribution in [0.15, 0.2) is 24.3 Å². The first-order valence-electron chi connectivity index (χ1n) is 5.46. The van der Waals surface area contributed by atoms with Crippen LogP contribution in [0.1, 0.15) is 5.56 Å². The molecule has 1 aromatic carbocycles. The molecule has 0 saturated carbocycles. The third kappa shape index (κ3) is 4.78. The number of amidine groups is 1. The molecule has 4 nitrogen and oxygen atoms in total. The normalized spacial score (nSPS) is 13.1. The zero-order valence-corrected chi connectivity index (χ0v) is 10.3. The summed E-state index contributed by atoms with van der Waals surface area (Å²) in [7, 11) is 1.52. The third-order valence-electron chi connectivity index (χ3n) is 2.40. The first-order valence-corrected chi connectivity index (χ1v) is 5.46. The standard InChI is InChI=1S/C12H15F3N2O2/c1-18-6-8-3-2-4-9(5-8)19-7-10(11(16)17)12(13,14)15/h2-5,10H,6-7H2,1H3,(H3,16,17). The van der Waals surface area contributed by atoms with Crippen LogP contribution in [-0.4, -0.2) is 25.7 Å². The van der Waals surface area contributed by atoms with Gasteiger partial charge in [0.15, 0.2) is 0 Å². The number of hydrogen-bond donors (Lipinski definition) is 2. The van der Waals surface area contributed by atoms with Gasteiger partial charge in [0.05, 0.1) is 6.61 Å². The van der Waals surface area contributed by atoms with E-state index in [0.29, 0.717) is 6.61 Å². The van der Waals surface area contributed by atoms with E-state index in [1.807, 2.05) is 0 Å². The van der Waals surface area contributed by atoms with Crippen molar-refractivity contribution in [2.75, 3.05) is 13.7 Å².